The molecule has 0 N–H and O–H groups in total. The van der Waals surface area contributed by atoms with Crippen molar-refractivity contribution >= 4 is 21.8 Å². The predicted molar refractivity (Wildman–Crippen MR) is 90.1 cm³/mol. The zero-order chi connectivity index (χ0) is 15.0. The van der Waals surface area contributed by atoms with Crippen molar-refractivity contribution in [1.29, 1.82) is 0 Å². The first kappa shape index (κ1) is 14.2. The largest absolute Gasteiger partial charge is 0.383 e. The molecule has 3 aromatic rings. The highest BCUT2D eigenvalue weighted by molar-refractivity contribution is 6.08. The van der Waals surface area contributed by atoms with Crippen LogP contribution in [0.15, 0.2) is 36.4 Å². The Morgan fingerprint density at radius 2 is 1.81 bits per heavy atom. The maximum atomic E-state index is 5.28. The van der Waals surface area contributed by atoms with Crippen LogP contribution in [0.3, 0.4) is 0 Å². The molecule has 0 spiro atoms. The first-order valence-electron chi connectivity index (χ1n) is 7.63. The molecule has 0 saturated carbocycles. The van der Waals surface area contributed by atoms with Crippen LogP contribution in [0.25, 0.3) is 21.8 Å². The lowest BCUT2D eigenvalue weighted by Crippen LogP contribution is -2.03. The van der Waals surface area contributed by atoms with Gasteiger partial charge in [-0.05, 0) is 42.2 Å². The summed E-state index contributed by atoms with van der Waals surface area (Å²) in [6, 6.07) is 13.6. The summed E-state index contributed by atoms with van der Waals surface area (Å²) in [5.41, 5.74) is 5.31. The van der Waals surface area contributed by atoms with E-state index in [1.54, 1.807) is 7.11 Å². The van der Waals surface area contributed by atoms with E-state index in [1.165, 1.54) is 32.9 Å². The van der Waals surface area contributed by atoms with Crippen molar-refractivity contribution in [1.82, 2.24) is 4.57 Å². The van der Waals surface area contributed by atoms with Crippen LogP contribution < -0.4 is 0 Å². The fourth-order valence-electron chi connectivity index (χ4n) is 3.01. The minimum atomic E-state index is 0.553. The molecule has 1 aromatic heterocycles. The van der Waals surface area contributed by atoms with Crippen molar-refractivity contribution in [3.05, 3.63) is 47.5 Å². The van der Waals surface area contributed by atoms with Crippen LogP contribution in [0.1, 0.15) is 30.9 Å². The van der Waals surface area contributed by atoms with Crippen molar-refractivity contribution in [3.8, 4) is 0 Å². The van der Waals surface area contributed by atoms with E-state index in [9.17, 15) is 0 Å². The van der Waals surface area contributed by atoms with Crippen LogP contribution in [0.4, 0.5) is 0 Å². The summed E-state index contributed by atoms with van der Waals surface area (Å²) >= 11 is 0. The number of hydrogen-bond donors (Lipinski definition) is 0. The lowest BCUT2D eigenvalue weighted by atomic mass is 10.0. The Bertz CT molecular complexity index is 783. The molecule has 110 valence electrons. The summed E-state index contributed by atoms with van der Waals surface area (Å²) in [4.78, 5) is 0. The highest BCUT2D eigenvalue weighted by Gasteiger charge is 2.12. The van der Waals surface area contributed by atoms with Crippen LogP contribution in [0.2, 0.25) is 0 Å². The number of benzene rings is 2. The summed E-state index contributed by atoms with van der Waals surface area (Å²) in [5.74, 6) is 0.553. The van der Waals surface area contributed by atoms with Crippen LogP contribution in [-0.4, -0.2) is 18.3 Å². The topological polar surface area (TPSA) is 14.2 Å². The van der Waals surface area contributed by atoms with Gasteiger partial charge in [-0.2, -0.15) is 0 Å². The van der Waals surface area contributed by atoms with Gasteiger partial charge in [-0.25, -0.2) is 0 Å². The molecule has 0 aliphatic heterocycles. The number of aryl methyl sites for hydroxylation is 1. The first-order chi connectivity index (χ1) is 10.1. The van der Waals surface area contributed by atoms with Gasteiger partial charge < -0.3 is 9.30 Å². The molecule has 1 heterocycles. The van der Waals surface area contributed by atoms with Crippen LogP contribution in [0.5, 0.6) is 0 Å². The molecule has 2 nitrogen and oxygen atoms in total. The molecule has 0 fully saturated rings. The molecule has 2 aromatic carbocycles. The second-order valence-corrected chi connectivity index (χ2v) is 6.10. The highest BCUT2D eigenvalue weighted by atomic mass is 16.5. The van der Waals surface area contributed by atoms with Crippen molar-refractivity contribution in [2.24, 2.45) is 0 Å². The minimum absolute atomic E-state index is 0.553. The Balaban J connectivity index is 2.31. The minimum Gasteiger partial charge on any atom is -0.383 e. The third kappa shape index (κ3) is 2.44. The summed E-state index contributed by atoms with van der Waals surface area (Å²) in [6.07, 6.45) is 0. The molecule has 2 heteroatoms. The van der Waals surface area contributed by atoms with Crippen molar-refractivity contribution in [2.75, 3.05) is 13.7 Å². The molecular weight excluding hydrogens is 258 g/mol. The Kier molecular flexibility index (Phi) is 3.73. The number of nitrogens with zero attached hydrogens (tertiary/aromatic N) is 1. The molecule has 21 heavy (non-hydrogen) atoms. The molecule has 0 amide bonds. The van der Waals surface area contributed by atoms with E-state index in [2.05, 4.69) is 61.7 Å². The lowest BCUT2D eigenvalue weighted by molar-refractivity contribution is 0.189. The normalized spacial score (nSPS) is 11.9. The smallest absolute Gasteiger partial charge is 0.0642 e. The number of rotatable bonds is 4. The second-order valence-electron chi connectivity index (χ2n) is 6.10. The van der Waals surface area contributed by atoms with Gasteiger partial charge in [-0.15, -0.1) is 0 Å². The quantitative estimate of drug-likeness (QED) is 0.665. The standard InChI is InChI=1S/C19H23NO/c1-13(2)15-6-8-18-17(12-15)16-7-5-14(3)11-19(16)20(18)9-10-21-4/h5-8,11-13H,9-10H2,1-4H3. The van der Waals surface area contributed by atoms with Crippen molar-refractivity contribution in [2.45, 2.75) is 33.2 Å². The maximum Gasteiger partial charge on any atom is 0.0642 e. The van der Waals surface area contributed by atoms with Gasteiger partial charge in [0.05, 0.1) is 6.61 Å². The van der Waals surface area contributed by atoms with Gasteiger partial charge in [0.2, 0.25) is 0 Å². The monoisotopic (exact) mass is 281 g/mol. The number of methoxy groups -OCH3 is 1. The molecule has 3 rings (SSSR count). The fraction of sp³-hybridized carbons (Fsp3) is 0.368. The number of ether oxygens (including phenoxy) is 1. The first-order valence-corrected chi connectivity index (χ1v) is 7.63. The average molecular weight is 281 g/mol. The molecular formula is C19H23NO. The van der Waals surface area contributed by atoms with Crippen LogP contribution >= 0.6 is 0 Å². The number of hydrogen-bond acceptors (Lipinski definition) is 1. The summed E-state index contributed by atoms with van der Waals surface area (Å²) < 4.78 is 7.66. The van der Waals surface area contributed by atoms with Gasteiger partial charge in [0.25, 0.3) is 0 Å². The van der Waals surface area contributed by atoms with E-state index in [0.29, 0.717) is 5.92 Å². The molecule has 0 atom stereocenters. The van der Waals surface area contributed by atoms with Crippen molar-refractivity contribution in [3.63, 3.8) is 0 Å². The number of aromatic nitrogens is 1. The predicted octanol–water partition coefficient (Wildman–Crippen LogP) is 4.87. The Morgan fingerprint density at radius 3 is 2.52 bits per heavy atom. The molecule has 0 aliphatic rings. The van der Waals surface area contributed by atoms with Gasteiger partial charge >= 0.3 is 0 Å². The van der Waals surface area contributed by atoms with Gasteiger partial charge in [0.1, 0.15) is 0 Å². The van der Waals surface area contributed by atoms with E-state index in [0.717, 1.165) is 13.2 Å². The summed E-state index contributed by atoms with van der Waals surface area (Å²) in [5, 5.41) is 2.70. The van der Waals surface area contributed by atoms with Crippen LogP contribution in [0, 0.1) is 6.92 Å². The Hall–Kier alpha value is -1.80. The van der Waals surface area contributed by atoms with E-state index in [4.69, 9.17) is 4.74 Å². The molecule has 0 bridgehead atoms. The maximum absolute atomic E-state index is 5.28. The zero-order valence-corrected chi connectivity index (χ0v) is 13.3. The molecule has 0 unspecified atom stereocenters. The van der Waals surface area contributed by atoms with Gasteiger partial charge in [-0.3, -0.25) is 0 Å². The molecule has 0 saturated heterocycles. The van der Waals surface area contributed by atoms with E-state index < -0.39 is 0 Å². The molecule has 0 aliphatic carbocycles. The van der Waals surface area contributed by atoms with Crippen molar-refractivity contribution < 1.29 is 4.74 Å². The van der Waals surface area contributed by atoms with Gasteiger partial charge in [0, 0.05) is 35.5 Å². The second kappa shape index (κ2) is 5.53. The van der Waals surface area contributed by atoms with E-state index in [-0.39, 0.29) is 0 Å². The summed E-state index contributed by atoms with van der Waals surface area (Å²) in [6.45, 7) is 8.27. The van der Waals surface area contributed by atoms with Gasteiger partial charge in [0.15, 0.2) is 0 Å². The van der Waals surface area contributed by atoms with E-state index >= 15 is 0 Å². The fourth-order valence-corrected chi connectivity index (χ4v) is 3.01. The Labute approximate surface area is 126 Å². The van der Waals surface area contributed by atoms with Gasteiger partial charge in [-0.1, -0.05) is 32.0 Å². The Morgan fingerprint density at radius 1 is 1.00 bits per heavy atom. The SMILES string of the molecule is COCCn1c2ccc(C(C)C)cc2c2ccc(C)cc21. The summed E-state index contributed by atoms with van der Waals surface area (Å²) in [7, 11) is 1.76. The lowest BCUT2D eigenvalue weighted by Gasteiger charge is -2.08. The zero-order valence-electron chi connectivity index (χ0n) is 13.3. The highest BCUT2D eigenvalue weighted by Crippen LogP contribution is 2.32. The average Bonchev–Trinajstić information content (AvgIpc) is 2.77. The third-order valence-corrected chi connectivity index (χ3v) is 4.23. The van der Waals surface area contributed by atoms with Crippen LogP contribution in [-0.2, 0) is 11.3 Å². The third-order valence-electron chi connectivity index (χ3n) is 4.23. The van der Waals surface area contributed by atoms with E-state index in [1.807, 2.05) is 0 Å². The molecule has 0 radical (unpaired) electrons. The number of fused-ring (bicyclic) bond motifs is 3.